The monoisotopic (exact) mass is 431 g/mol. The number of carbonyl (C=O) groups is 2. The molecule has 3 rings (SSSR count). The highest BCUT2D eigenvalue weighted by molar-refractivity contribution is 9.10. The van der Waals surface area contributed by atoms with Gasteiger partial charge in [0.05, 0.1) is 12.6 Å². The summed E-state index contributed by atoms with van der Waals surface area (Å²) in [6.45, 7) is 1.89. The number of hydrogen-bond acceptors (Lipinski definition) is 5. The molecule has 1 N–H and O–H groups in total. The van der Waals surface area contributed by atoms with Crippen LogP contribution < -0.4 is 5.32 Å². The number of nitrogens with zero attached hydrogens (tertiary/aromatic N) is 2. The lowest BCUT2D eigenvalue weighted by molar-refractivity contribution is -0.124. The van der Waals surface area contributed by atoms with E-state index < -0.39 is 5.97 Å². The zero-order chi connectivity index (χ0) is 19.2. The van der Waals surface area contributed by atoms with E-state index in [1.807, 2.05) is 31.2 Å². The van der Waals surface area contributed by atoms with Gasteiger partial charge < -0.3 is 14.5 Å². The van der Waals surface area contributed by atoms with Crippen LogP contribution in [0.5, 0.6) is 0 Å². The third-order valence-electron chi connectivity index (χ3n) is 3.82. The third-order valence-corrected chi connectivity index (χ3v) is 4.35. The van der Waals surface area contributed by atoms with E-state index in [1.54, 1.807) is 29.2 Å². The molecule has 0 aliphatic heterocycles. The molecule has 0 aliphatic rings. The van der Waals surface area contributed by atoms with Crippen LogP contribution in [0.2, 0.25) is 0 Å². The van der Waals surface area contributed by atoms with Crippen molar-refractivity contribution in [1.82, 2.24) is 15.1 Å². The summed E-state index contributed by atoms with van der Waals surface area (Å²) in [6, 6.07) is 12.4. The maximum atomic E-state index is 12.0. The van der Waals surface area contributed by atoms with Crippen molar-refractivity contribution < 1.29 is 18.7 Å². The molecule has 0 saturated heterocycles. The molecule has 1 aromatic carbocycles. The predicted octanol–water partition coefficient (Wildman–Crippen LogP) is 3.32. The molecule has 1 amide bonds. The molecule has 0 radical (unpaired) electrons. The summed E-state index contributed by atoms with van der Waals surface area (Å²) in [7, 11) is 0. The predicted molar refractivity (Wildman–Crippen MR) is 101 cm³/mol. The minimum atomic E-state index is -0.687. The lowest BCUT2D eigenvalue weighted by atomic mass is 10.1. The zero-order valence-corrected chi connectivity index (χ0v) is 16.2. The van der Waals surface area contributed by atoms with Crippen LogP contribution in [0.15, 0.2) is 63.7 Å². The highest BCUT2D eigenvalue weighted by Gasteiger charge is 2.16. The Morgan fingerprint density at radius 2 is 2.04 bits per heavy atom. The van der Waals surface area contributed by atoms with E-state index in [1.165, 1.54) is 6.07 Å². The summed E-state index contributed by atoms with van der Waals surface area (Å²) in [5, 5.41) is 6.85. The second-order valence-electron chi connectivity index (χ2n) is 5.89. The van der Waals surface area contributed by atoms with Gasteiger partial charge in [0, 0.05) is 16.9 Å². The molecule has 1 atom stereocenters. The fraction of sp³-hybridized carbons (Fsp3) is 0.211. The SMILES string of the molecule is CC(NC(=O)COC(=O)c1ccc(Cn2cccn2)o1)c1ccc(Br)cc1. The molecule has 1 unspecified atom stereocenters. The molecule has 140 valence electrons. The second-order valence-corrected chi connectivity index (χ2v) is 6.80. The van der Waals surface area contributed by atoms with E-state index >= 15 is 0 Å². The zero-order valence-electron chi connectivity index (χ0n) is 14.6. The summed E-state index contributed by atoms with van der Waals surface area (Å²) in [4.78, 5) is 24.0. The maximum Gasteiger partial charge on any atom is 0.374 e. The van der Waals surface area contributed by atoms with Crippen LogP contribution in [0.1, 0.15) is 34.8 Å². The quantitative estimate of drug-likeness (QED) is 0.579. The average molecular weight is 432 g/mol. The maximum absolute atomic E-state index is 12.0. The Hall–Kier alpha value is -2.87. The Balaban J connectivity index is 1.47. The van der Waals surface area contributed by atoms with E-state index in [0.717, 1.165) is 10.0 Å². The number of esters is 1. The van der Waals surface area contributed by atoms with Crippen molar-refractivity contribution in [2.45, 2.75) is 19.5 Å². The molecule has 0 saturated carbocycles. The van der Waals surface area contributed by atoms with Crippen molar-refractivity contribution in [3.05, 3.63) is 76.4 Å². The van der Waals surface area contributed by atoms with Crippen LogP contribution in [0, 0.1) is 0 Å². The first-order valence-electron chi connectivity index (χ1n) is 8.29. The van der Waals surface area contributed by atoms with Gasteiger partial charge in [0.25, 0.3) is 5.91 Å². The number of nitrogens with one attached hydrogen (secondary N) is 1. The van der Waals surface area contributed by atoms with E-state index in [2.05, 4.69) is 26.3 Å². The van der Waals surface area contributed by atoms with E-state index in [0.29, 0.717) is 12.3 Å². The van der Waals surface area contributed by atoms with Gasteiger partial charge in [0.15, 0.2) is 6.61 Å². The van der Waals surface area contributed by atoms with E-state index in [-0.39, 0.29) is 24.3 Å². The Morgan fingerprint density at radius 1 is 1.26 bits per heavy atom. The van der Waals surface area contributed by atoms with Crippen LogP contribution in [0.4, 0.5) is 0 Å². The fourth-order valence-electron chi connectivity index (χ4n) is 2.45. The van der Waals surface area contributed by atoms with E-state index in [9.17, 15) is 9.59 Å². The topological polar surface area (TPSA) is 86.4 Å². The van der Waals surface area contributed by atoms with Crippen LogP contribution in [-0.4, -0.2) is 28.3 Å². The molecule has 2 aromatic heterocycles. The third kappa shape index (κ3) is 5.30. The minimum absolute atomic E-state index is 0.0471. The standard InChI is InChI=1S/C19H18BrN3O4/c1-13(14-3-5-15(20)6-4-14)22-18(24)12-26-19(25)17-8-7-16(27-17)11-23-10-2-9-21-23/h2-10,13H,11-12H2,1H3,(H,22,24). The van der Waals surface area contributed by atoms with Crippen molar-refractivity contribution in [3.8, 4) is 0 Å². The summed E-state index contributed by atoms with van der Waals surface area (Å²) in [5.74, 6) is -0.458. The number of hydrogen-bond donors (Lipinski definition) is 1. The second kappa shape index (κ2) is 8.68. The number of halogens is 1. The number of ether oxygens (including phenoxy) is 1. The summed E-state index contributed by atoms with van der Waals surface area (Å²) < 4.78 is 13.1. The van der Waals surface area contributed by atoms with Gasteiger partial charge >= 0.3 is 5.97 Å². The van der Waals surface area contributed by atoms with Gasteiger partial charge in [-0.1, -0.05) is 28.1 Å². The molecule has 3 aromatic rings. The lowest BCUT2D eigenvalue weighted by Gasteiger charge is -2.14. The molecule has 0 spiro atoms. The van der Waals surface area contributed by atoms with Gasteiger partial charge in [-0.25, -0.2) is 4.79 Å². The number of rotatable bonds is 7. The number of carbonyl (C=O) groups excluding carboxylic acids is 2. The van der Waals surface area contributed by atoms with Crippen molar-refractivity contribution in [3.63, 3.8) is 0 Å². The first kappa shape index (κ1) is 18.9. The van der Waals surface area contributed by atoms with Gasteiger partial charge in [0.2, 0.25) is 5.76 Å². The van der Waals surface area contributed by atoms with Gasteiger partial charge in [-0.15, -0.1) is 0 Å². The molecule has 8 heteroatoms. The smallest absolute Gasteiger partial charge is 0.374 e. The molecule has 0 bridgehead atoms. The Morgan fingerprint density at radius 3 is 2.74 bits per heavy atom. The first-order chi connectivity index (χ1) is 13.0. The largest absolute Gasteiger partial charge is 0.452 e. The van der Waals surface area contributed by atoms with Crippen molar-refractivity contribution >= 4 is 27.8 Å². The Kier molecular flexibility index (Phi) is 6.08. The summed E-state index contributed by atoms with van der Waals surface area (Å²) in [5.41, 5.74) is 0.951. The number of aromatic nitrogens is 2. The Labute approximate surface area is 164 Å². The fourth-order valence-corrected chi connectivity index (χ4v) is 2.71. The molecular weight excluding hydrogens is 414 g/mol. The molecule has 0 fully saturated rings. The minimum Gasteiger partial charge on any atom is -0.452 e. The number of furan rings is 1. The van der Waals surface area contributed by atoms with Crippen molar-refractivity contribution in [2.75, 3.05) is 6.61 Å². The van der Waals surface area contributed by atoms with Gasteiger partial charge in [0.1, 0.15) is 5.76 Å². The van der Waals surface area contributed by atoms with Crippen molar-refractivity contribution in [2.24, 2.45) is 0 Å². The molecular formula is C19H18BrN3O4. The van der Waals surface area contributed by atoms with Gasteiger partial charge in [-0.2, -0.15) is 5.10 Å². The highest BCUT2D eigenvalue weighted by atomic mass is 79.9. The van der Waals surface area contributed by atoms with Crippen LogP contribution in [-0.2, 0) is 16.1 Å². The summed E-state index contributed by atoms with van der Waals surface area (Å²) in [6.07, 6.45) is 3.45. The normalized spacial score (nSPS) is 11.8. The molecule has 27 heavy (non-hydrogen) atoms. The molecule has 7 nitrogen and oxygen atoms in total. The van der Waals surface area contributed by atoms with Crippen LogP contribution >= 0.6 is 15.9 Å². The molecule has 0 aliphatic carbocycles. The average Bonchev–Trinajstić information content (AvgIpc) is 3.33. The number of benzene rings is 1. The van der Waals surface area contributed by atoms with Crippen LogP contribution in [0.3, 0.4) is 0 Å². The highest BCUT2D eigenvalue weighted by Crippen LogP contribution is 2.16. The lowest BCUT2D eigenvalue weighted by Crippen LogP contribution is -2.31. The van der Waals surface area contributed by atoms with Crippen LogP contribution in [0.25, 0.3) is 0 Å². The summed E-state index contributed by atoms with van der Waals surface area (Å²) >= 11 is 3.37. The van der Waals surface area contributed by atoms with Gasteiger partial charge in [-0.05, 0) is 42.8 Å². The molecule has 2 heterocycles. The Bertz CT molecular complexity index is 903. The first-order valence-corrected chi connectivity index (χ1v) is 9.08. The van der Waals surface area contributed by atoms with Gasteiger partial charge in [-0.3, -0.25) is 9.48 Å². The van der Waals surface area contributed by atoms with E-state index in [4.69, 9.17) is 9.15 Å². The number of amides is 1. The van der Waals surface area contributed by atoms with Crippen molar-refractivity contribution in [1.29, 1.82) is 0 Å².